The molecule has 0 spiro atoms. The predicted molar refractivity (Wildman–Crippen MR) is 96.3 cm³/mol. The molecule has 1 aliphatic heterocycles. The van der Waals surface area contributed by atoms with Crippen molar-refractivity contribution in [1.29, 1.82) is 0 Å². The van der Waals surface area contributed by atoms with Gasteiger partial charge in [-0.25, -0.2) is 18.0 Å². The zero-order valence-electron chi connectivity index (χ0n) is 15.8. The quantitative estimate of drug-likeness (QED) is 0.694. The zero-order chi connectivity index (χ0) is 20.4. The summed E-state index contributed by atoms with van der Waals surface area (Å²) in [5.74, 6) is -1.83. The van der Waals surface area contributed by atoms with Crippen LogP contribution >= 0.6 is 0 Å². The number of ether oxygens (including phenoxy) is 2. The van der Waals surface area contributed by atoms with E-state index in [9.17, 15) is 22.8 Å². The van der Waals surface area contributed by atoms with Crippen molar-refractivity contribution < 1.29 is 32.3 Å². The number of rotatable bonds is 6. The van der Waals surface area contributed by atoms with Crippen LogP contribution in [0.4, 0.5) is 0 Å². The van der Waals surface area contributed by atoms with Crippen LogP contribution in [0.3, 0.4) is 0 Å². The number of carbonyl (C=O) groups excluding carboxylic acids is 3. The molecule has 1 aromatic heterocycles. The minimum absolute atomic E-state index is 0.0483. The number of hydrogen-bond acceptors (Lipinski definition) is 7. The Hall–Kier alpha value is -2.36. The van der Waals surface area contributed by atoms with Gasteiger partial charge < -0.3 is 19.4 Å². The summed E-state index contributed by atoms with van der Waals surface area (Å²) in [5, 5.41) is 0. The van der Waals surface area contributed by atoms with Crippen molar-refractivity contribution >= 4 is 27.7 Å². The number of esters is 2. The van der Waals surface area contributed by atoms with Crippen LogP contribution in [0.5, 0.6) is 0 Å². The molecule has 0 saturated carbocycles. The third-order valence-electron chi connectivity index (χ3n) is 4.60. The molecule has 1 unspecified atom stereocenters. The number of amides is 1. The number of likely N-dealkylation sites (N-methyl/N-ethyl adjacent to an activating group) is 1. The highest BCUT2D eigenvalue weighted by molar-refractivity contribution is 7.91. The molecule has 10 heteroatoms. The number of carbonyl (C=O) groups is 3. The van der Waals surface area contributed by atoms with E-state index >= 15 is 0 Å². The predicted octanol–water partition coefficient (Wildman–Crippen LogP) is 0.611. The Balaban J connectivity index is 2.00. The van der Waals surface area contributed by atoms with Crippen molar-refractivity contribution in [3.8, 4) is 0 Å². The molecule has 1 amide bonds. The first-order valence-corrected chi connectivity index (χ1v) is 10.4. The molecule has 2 heterocycles. The van der Waals surface area contributed by atoms with E-state index in [1.807, 2.05) is 0 Å². The SMILES string of the molecule is CCOC(=O)c1c(C)[nH]c(C(=O)OCC(=O)N(C)C2CCS(=O)(=O)C2)c1C. The van der Waals surface area contributed by atoms with Crippen molar-refractivity contribution in [2.24, 2.45) is 0 Å². The van der Waals surface area contributed by atoms with Gasteiger partial charge in [0.2, 0.25) is 0 Å². The first kappa shape index (κ1) is 20.9. The Morgan fingerprint density at radius 2 is 1.85 bits per heavy atom. The monoisotopic (exact) mass is 400 g/mol. The highest BCUT2D eigenvalue weighted by Gasteiger charge is 2.33. The largest absolute Gasteiger partial charge is 0.462 e. The standard InChI is InChI=1S/C17H24N2O7S/c1-5-25-16(21)14-10(2)15(18-11(14)3)17(22)26-8-13(20)19(4)12-6-7-27(23,24)9-12/h12,18H,5-9H2,1-4H3. The van der Waals surface area contributed by atoms with E-state index < -0.39 is 40.3 Å². The first-order chi connectivity index (χ1) is 12.6. The fraction of sp³-hybridized carbons (Fsp3) is 0.588. The molecule has 2 rings (SSSR count). The highest BCUT2D eigenvalue weighted by atomic mass is 32.2. The number of nitrogens with zero attached hydrogens (tertiary/aromatic N) is 1. The van der Waals surface area contributed by atoms with Gasteiger partial charge in [-0.05, 0) is 32.8 Å². The van der Waals surface area contributed by atoms with Crippen LogP contribution in [-0.4, -0.2) is 74.0 Å². The fourth-order valence-electron chi connectivity index (χ4n) is 3.05. The number of sulfone groups is 1. The molecule has 1 aliphatic rings. The number of nitrogens with one attached hydrogen (secondary N) is 1. The first-order valence-electron chi connectivity index (χ1n) is 8.56. The summed E-state index contributed by atoms with van der Waals surface area (Å²) < 4.78 is 33.1. The second-order valence-electron chi connectivity index (χ2n) is 6.48. The second kappa shape index (κ2) is 8.12. The van der Waals surface area contributed by atoms with Gasteiger partial charge in [0.1, 0.15) is 5.69 Å². The van der Waals surface area contributed by atoms with E-state index in [-0.39, 0.29) is 29.4 Å². The molecule has 0 bridgehead atoms. The van der Waals surface area contributed by atoms with Gasteiger partial charge in [-0.2, -0.15) is 0 Å². The molecule has 1 fully saturated rings. The average molecular weight is 400 g/mol. The highest BCUT2D eigenvalue weighted by Crippen LogP contribution is 2.20. The minimum Gasteiger partial charge on any atom is -0.462 e. The van der Waals surface area contributed by atoms with E-state index in [0.29, 0.717) is 17.7 Å². The lowest BCUT2D eigenvalue weighted by Crippen LogP contribution is -2.40. The molecule has 1 saturated heterocycles. The van der Waals surface area contributed by atoms with Crippen LogP contribution in [-0.2, 0) is 24.1 Å². The molecule has 0 radical (unpaired) electrons. The summed E-state index contributed by atoms with van der Waals surface area (Å²) in [6.07, 6.45) is 0.371. The lowest BCUT2D eigenvalue weighted by molar-refractivity contribution is -0.134. The Labute approximate surface area is 157 Å². The van der Waals surface area contributed by atoms with E-state index in [0.717, 1.165) is 0 Å². The molecule has 0 aromatic carbocycles. The van der Waals surface area contributed by atoms with E-state index in [1.54, 1.807) is 20.8 Å². The van der Waals surface area contributed by atoms with Crippen LogP contribution in [0.1, 0.15) is 45.4 Å². The van der Waals surface area contributed by atoms with Gasteiger partial charge in [0, 0.05) is 18.8 Å². The third kappa shape index (κ3) is 4.68. The van der Waals surface area contributed by atoms with Gasteiger partial charge in [-0.1, -0.05) is 0 Å². The molecule has 0 aliphatic carbocycles. The van der Waals surface area contributed by atoms with Gasteiger partial charge in [-0.3, -0.25) is 4.79 Å². The van der Waals surface area contributed by atoms with Crippen LogP contribution < -0.4 is 0 Å². The average Bonchev–Trinajstić information content (AvgIpc) is 3.10. The Kier molecular flexibility index (Phi) is 6.30. The van der Waals surface area contributed by atoms with Crippen molar-refractivity contribution in [2.75, 3.05) is 31.8 Å². The number of aromatic amines is 1. The van der Waals surface area contributed by atoms with Gasteiger partial charge in [0.05, 0.1) is 23.7 Å². The molecule has 27 heavy (non-hydrogen) atoms. The molecule has 150 valence electrons. The summed E-state index contributed by atoms with van der Waals surface area (Å²) in [6.45, 7) is 4.60. The van der Waals surface area contributed by atoms with Crippen molar-refractivity contribution in [2.45, 2.75) is 33.2 Å². The van der Waals surface area contributed by atoms with Crippen molar-refractivity contribution in [1.82, 2.24) is 9.88 Å². The summed E-state index contributed by atoms with van der Waals surface area (Å²) in [7, 11) is -1.63. The zero-order valence-corrected chi connectivity index (χ0v) is 16.6. The molecule has 1 atom stereocenters. The molecule has 1 aromatic rings. The lowest BCUT2D eigenvalue weighted by atomic mass is 10.1. The summed E-state index contributed by atoms with van der Waals surface area (Å²) in [5.41, 5.74) is 1.20. The van der Waals surface area contributed by atoms with Crippen LogP contribution in [0.2, 0.25) is 0 Å². The van der Waals surface area contributed by atoms with Crippen LogP contribution in [0, 0.1) is 13.8 Å². The van der Waals surface area contributed by atoms with E-state index in [2.05, 4.69) is 4.98 Å². The fourth-order valence-corrected chi connectivity index (χ4v) is 4.82. The molecular weight excluding hydrogens is 376 g/mol. The number of hydrogen-bond donors (Lipinski definition) is 1. The summed E-state index contributed by atoms with van der Waals surface area (Å²) in [4.78, 5) is 40.6. The minimum atomic E-state index is -3.12. The van der Waals surface area contributed by atoms with E-state index in [1.165, 1.54) is 11.9 Å². The molecule has 1 N–H and O–H groups in total. The van der Waals surface area contributed by atoms with Gasteiger partial charge >= 0.3 is 11.9 Å². The number of aryl methyl sites for hydroxylation is 1. The third-order valence-corrected chi connectivity index (χ3v) is 6.35. The lowest BCUT2D eigenvalue weighted by Gasteiger charge is -2.23. The van der Waals surface area contributed by atoms with E-state index in [4.69, 9.17) is 9.47 Å². The number of aromatic nitrogens is 1. The maximum atomic E-state index is 12.3. The van der Waals surface area contributed by atoms with Gasteiger partial charge in [0.15, 0.2) is 16.4 Å². The Morgan fingerprint density at radius 1 is 1.19 bits per heavy atom. The Bertz CT molecular complexity index is 857. The second-order valence-corrected chi connectivity index (χ2v) is 8.71. The summed E-state index contributed by atoms with van der Waals surface area (Å²) >= 11 is 0. The van der Waals surface area contributed by atoms with Crippen molar-refractivity contribution in [3.05, 3.63) is 22.5 Å². The topological polar surface area (TPSA) is 123 Å². The summed E-state index contributed by atoms with van der Waals surface area (Å²) in [6, 6.07) is -0.411. The van der Waals surface area contributed by atoms with Crippen LogP contribution in [0.15, 0.2) is 0 Å². The normalized spacial score (nSPS) is 18.1. The maximum absolute atomic E-state index is 12.3. The number of H-pyrrole nitrogens is 1. The van der Waals surface area contributed by atoms with Crippen molar-refractivity contribution in [3.63, 3.8) is 0 Å². The molecular formula is C17H24N2O7S. The smallest absolute Gasteiger partial charge is 0.355 e. The van der Waals surface area contributed by atoms with Gasteiger partial charge in [-0.15, -0.1) is 0 Å². The Morgan fingerprint density at radius 3 is 2.41 bits per heavy atom. The molecule has 9 nitrogen and oxygen atoms in total. The van der Waals surface area contributed by atoms with Crippen LogP contribution in [0.25, 0.3) is 0 Å². The van der Waals surface area contributed by atoms with Gasteiger partial charge in [0.25, 0.3) is 5.91 Å². The maximum Gasteiger partial charge on any atom is 0.355 e.